The van der Waals surface area contributed by atoms with Crippen LogP contribution >= 0.6 is 0 Å². The molecule has 3 saturated heterocycles. The summed E-state index contributed by atoms with van der Waals surface area (Å²) in [7, 11) is -4.83. The molecule has 3 fully saturated rings. The second kappa shape index (κ2) is 6.74. The van der Waals surface area contributed by atoms with Crippen molar-refractivity contribution in [2.24, 2.45) is 5.92 Å². The zero-order valence-corrected chi connectivity index (χ0v) is 14.0. The van der Waals surface area contributed by atoms with Gasteiger partial charge in [-0.15, -0.1) is 4.28 Å². The number of hydrazine groups is 1. The third-order valence-corrected chi connectivity index (χ3v) is 4.89. The number of nitrogens with one attached hydrogen (secondary N) is 3. The van der Waals surface area contributed by atoms with Gasteiger partial charge in [-0.1, -0.05) is 0 Å². The van der Waals surface area contributed by atoms with E-state index >= 15 is 0 Å². The van der Waals surface area contributed by atoms with Gasteiger partial charge in [0.25, 0.3) is 5.91 Å². The van der Waals surface area contributed by atoms with Gasteiger partial charge in [-0.25, -0.2) is 4.79 Å². The van der Waals surface area contributed by atoms with E-state index in [1.807, 2.05) is 0 Å². The van der Waals surface area contributed by atoms with E-state index in [9.17, 15) is 22.8 Å². The first-order valence-electron chi connectivity index (χ1n) is 7.83. The summed E-state index contributed by atoms with van der Waals surface area (Å²) >= 11 is 0. The Labute approximate surface area is 143 Å². The highest BCUT2D eigenvalue weighted by Crippen LogP contribution is 2.30. The van der Waals surface area contributed by atoms with Crippen LogP contribution in [0.1, 0.15) is 19.3 Å². The van der Waals surface area contributed by atoms with Gasteiger partial charge in [0, 0.05) is 13.1 Å². The van der Waals surface area contributed by atoms with Gasteiger partial charge in [-0.2, -0.15) is 13.5 Å². The average molecular weight is 377 g/mol. The molecule has 3 atom stereocenters. The van der Waals surface area contributed by atoms with Gasteiger partial charge in [-0.3, -0.25) is 25.0 Å². The number of urea groups is 1. The summed E-state index contributed by atoms with van der Waals surface area (Å²) in [5.74, 6) is -1.10. The minimum absolute atomic E-state index is 0.0902. The minimum atomic E-state index is -4.83. The molecule has 140 valence electrons. The number of hydrogen-bond donors (Lipinski definition) is 4. The van der Waals surface area contributed by atoms with Crippen LogP contribution in [0.15, 0.2) is 0 Å². The lowest BCUT2D eigenvalue weighted by molar-refractivity contribution is -0.133. The van der Waals surface area contributed by atoms with Crippen LogP contribution in [0, 0.1) is 5.92 Å². The van der Waals surface area contributed by atoms with Gasteiger partial charge >= 0.3 is 16.4 Å². The Morgan fingerprint density at radius 2 is 1.92 bits per heavy atom. The number of amides is 4. The molecule has 3 aliphatic rings. The third-order valence-electron chi connectivity index (χ3n) is 4.54. The van der Waals surface area contributed by atoms with Gasteiger partial charge in [0.15, 0.2) is 0 Å². The van der Waals surface area contributed by atoms with E-state index in [1.165, 1.54) is 0 Å². The molecule has 2 bridgehead atoms. The van der Waals surface area contributed by atoms with Crippen molar-refractivity contribution in [2.75, 3.05) is 19.6 Å². The molecule has 0 aromatic carbocycles. The van der Waals surface area contributed by atoms with Crippen molar-refractivity contribution in [3.8, 4) is 0 Å². The van der Waals surface area contributed by atoms with Crippen LogP contribution in [0.3, 0.4) is 0 Å². The highest BCUT2D eigenvalue weighted by Gasteiger charge is 2.49. The summed E-state index contributed by atoms with van der Waals surface area (Å²) in [4.78, 5) is 37.5. The van der Waals surface area contributed by atoms with Crippen molar-refractivity contribution in [3.05, 3.63) is 0 Å². The van der Waals surface area contributed by atoms with E-state index in [-0.39, 0.29) is 24.8 Å². The van der Waals surface area contributed by atoms with E-state index in [2.05, 4.69) is 20.5 Å². The Kier molecular flexibility index (Phi) is 4.81. The molecule has 12 nitrogen and oxygen atoms in total. The lowest BCUT2D eigenvalue weighted by atomic mass is 10.0. The standard InChI is InChI=1S/C12H19N5O7S/c18-10(7-3-4-13-5-7)14-15-11(19)9-2-1-8-6-16(9)12(20)17(8)24-25(21,22)23/h7-9,13H,1-6H2,(H,14,18)(H,15,19)(H,21,22,23)/t7-,8-,9+/m1/s1. The molecule has 0 unspecified atom stereocenters. The van der Waals surface area contributed by atoms with Crippen LogP contribution in [0.2, 0.25) is 0 Å². The van der Waals surface area contributed by atoms with E-state index in [0.29, 0.717) is 24.4 Å². The summed E-state index contributed by atoms with van der Waals surface area (Å²) < 4.78 is 34.7. The second-order valence-electron chi connectivity index (χ2n) is 6.18. The minimum Gasteiger partial charge on any atom is -0.316 e. The Balaban J connectivity index is 1.57. The first kappa shape index (κ1) is 17.8. The van der Waals surface area contributed by atoms with Crippen LogP contribution < -0.4 is 16.2 Å². The zero-order chi connectivity index (χ0) is 18.2. The largest absolute Gasteiger partial charge is 0.418 e. The van der Waals surface area contributed by atoms with Gasteiger partial charge in [0.2, 0.25) is 5.91 Å². The lowest BCUT2D eigenvalue weighted by Crippen LogP contribution is -2.55. The number of nitrogens with zero attached hydrogens (tertiary/aromatic N) is 2. The quantitative estimate of drug-likeness (QED) is 0.316. The molecule has 0 saturated carbocycles. The molecule has 3 aliphatic heterocycles. The summed E-state index contributed by atoms with van der Waals surface area (Å²) in [6.07, 6.45) is 1.27. The predicted molar refractivity (Wildman–Crippen MR) is 80.6 cm³/mol. The maximum absolute atomic E-state index is 12.3. The van der Waals surface area contributed by atoms with Crippen molar-refractivity contribution in [2.45, 2.75) is 31.3 Å². The number of carbonyl (C=O) groups is 3. The molecular formula is C12H19N5O7S. The van der Waals surface area contributed by atoms with Gasteiger partial charge < -0.3 is 10.2 Å². The number of hydroxylamine groups is 2. The van der Waals surface area contributed by atoms with Crippen molar-refractivity contribution in [1.29, 1.82) is 0 Å². The predicted octanol–water partition coefficient (Wildman–Crippen LogP) is -2.25. The van der Waals surface area contributed by atoms with E-state index in [4.69, 9.17) is 4.55 Å². The first-order valence-corrected chi connectivity index (χ1v) is 9.20. The maximum atomic E-state index is 12.3. The Morgan fingerprint density at radius 1 is 1.20 bits per heavy atom. The summed E-state index contributed by atoms with van der Waals surface area (Å²) in [5, 5.41) is 3.60. The van der Waals surface area contributed by atoms with Crippen molar-refractivity contribution in [3.63, 3.8) is 0 Å². The summed E-state index contributed by atoms with van der Waals surface area (Å²) in [5.41, 5.74) is 4.66. The van der Waals surface area contributed by atoms with Crippen molar-refractivity contribution in [1.82, 2.24) is 26.1 Å². The summed E-state index contributed by atoms with van der Waals surface area (Å²) in [6.45, 7) is 1.37. The normalized spacial score (nSPS) is 29.0. The fourth-order valence-electron chi connectivity index (χ4n) is 3.29. The monoisotopic (exact) mass is 377 g/mol. The maximum Gasteiger partial charge on any atom is 0.418 e. The van der Waals surface area contributed by atoms with Crippen LogP contribution in [-0.4, -0.2) is 72.5 Å². The molecule has 4 N–H and O–H groups in total. The molecule has 4 amide bonds. The number of piperidine rings is 1. The zero-order valence-electron chi connectivity index (χ0n) is 13.2. The molecule has 0 aromatic heterocycles. The Hall–Kier alpha value is -1.96. The first-order chi connectivity index (χ1) is 11.8. The molecule has 0 radical (unpaired) electrons. The van der Waals surface area contributed by atoms with Crippen molar-refractivity contribution >= 4 is 28.2 Å². The SMILES string of the molecule is O=C(NNC(=O)[C@@H]1CC[C@@H]2CN1C(=O)N2OS(=O)(=O)O)[C@@H]1CCNC1. The molecule has 25 heavy (non-hydrogen) atoms. The molecule has 0 aliphatic carbocycles. The van der Waals surface area contributed by atoms with E-state index in [0.717, 1.165) is 11.4 Å². The Bertz CT molecular complexity index is 677. The molecule has 3 heterocycles. The number of carbonyl (C=O) groups excluding carboxylic acids is 3. The molecule has 3 rings (SSSR count). The lowest BCUT2D eigenvalue weighted by Gasteiger charge is -2.29. The van der Waals surface area contributed by atoms with Gasteiger partial charge in [0.1, 0.15) is 6.04 Å². The van der Waals surface area contributed by atoms with Crippen molar-refractivity contribution < 1.29 is 31.6 Å². The van der Waals surface area contributed by atoms with E-state index < -0.39 is 34.4 Å². The molecular weight excluding hydrogens is 358 g/mol. The summed E-state index contributed by atoms with van der Waals surface area (Å²) in [6, 6.07) is -2.26. The van der Waals surface area contributed by atoms with Crippen LogP contribution in [0.5, 0.6) is 0 Å². The van der Waals surface area contributed by atoms with Crippen LogP contribution in [0.4, 0.5) is 4.79 Å². The van der Waals surface area contributed by atoms with Crippen LogP contribution in [0.25, 0.3) is 0 Å². The highest BCUT2D eigenvalue weighted by molar-refractivity contribution is 7.80. The smallest absolute Gasteiger partial charge is 0.316 e. The molecule has 0 spiro atoms. The number of fused-ring (bicyclic) bond motifs is 2. The fraction of sp³-hybridized carbons (Fsp3) is 0.750. The second-order valence-corrected chi connectivity index (χ2v) is 7.18. The number of hydrogen-bond acceptors (Lipinski definition) is 7. The fourth-order valence-corrected chi connectivity index (χ4v) is 3.68. The van der Waals surface area contributed by atoms with Gasteiger partial charge in [-0.05, 0) is 25.8 Å². The van der Waals surface area contributed by atoms with Gasteiger partial charge in [0.05, 0.1) is 12.0 Å². The van der Waals surface area contributed by atoms with Crippen LogP contribution in [-0.2, 0) is 24.3 Å². The molecule has 0 aromatic rings. The topological polar surface area (TPSA) is 157 Å². The third kappa shape index (κ3) is 3.84. The Morgan fingerprint density at radius 3 is 2.56 bits per heavy atom. The highest BCUT2D eigenvalue weighted by atomic mass is 32.3. The van der Waals surface area contributed by atoms with E-state index in [1.54, 1.807) is 0 Å². The number of rotatable bonds is 4. The average Bonchev–Trinajstić information content (AvgIpc) is 3.16. The molecule has 13 heteroatoms.